The molecule has 0 saturated carbocycles. The van der Waals surface area contributed by atoms with Gasteiger partial charge in [0.15, 0.2) is 0 Å². The predicted molar refractivity (Wildman–Crippen MR) is 97.6 cm³/mol. The van der Waals surface area contributed by atoms with E-state index < -0.39 is 28.9 Å². The van der Waals surface area contributed by atoms with Crippen LogP contribution in [0.5, 0.6) is 0 Å². The lowest BCUT2D eigenvalue weighted by Gasteiger charge is -2.35. The minimum absolute atomic E-state index is 0.167. The summed E-state index contributed by atoms with van der Waals surface area (Å²) in [4.78, 5) is 58.8. The first-order valence-corrected chi connectivity index (χ1v) is 9.08. The van der Waals surface area contributed by atoms with E-state index >= 15 is 0 Å². The first-order chi connectivity index (χ1) is 12.8. The molecule has 11 heteroatoms. The van der Waals surface area contributed by atoms with E-state index in [-0.39, 0.29) is 5.78 Å². The molecular formula is C18H36O11. The standard InChI is InChI=1S/C9H18O6.C6H12O4.C3H6O/c1-7(2)10-12-8(3,4)14-15-9(5,6)13-11-7;1-5(2)7-9-6(3,4)10-8-5;1-3(2)4/h1-6H3;1-4H3;1-2H3. The van der Waals surface area contributed by atoms with Crippen LogP contribution in [0.2, 0.25) is 0 Å². The topological polar surface area (TPSA) is 109 Å². The summed E-state index contributed by atoms with van der Waals surface area (Å²) in [5.41, 5.74) is 0. The highest BCUT2D eigenvalue weighted by molar-refractivity contribution is 5.72. The molecule has 2 fully saturated rings. The molecule has 2 rings (SSSR count). The van der Waals surface area contributed by atoms with Gasteiger partial charge in [-0.2, -0.15) is 48.9 Å². The molecule has 2 aliphatic rings. The largest absolute Gasteiger partial charge is 0.300 e. The average Bonchev–Trinajstić information content (AvgIpc) is 2.57. The maximum atomic E-state index is 9.44. The van der Waals surface area contributed by atoms with Crippen molar-refractivity contribution in [2.75, 3.05) is 0 Å². The molecule has 0 amide bonds. The third-order valence-electron chi connectivity index (χ3n) is 2.22. The van der Waals surface area contributed by atoms with Gasteiger partial charge in [0.1, 0.15) is 5.78 Å². The second-order valence-corrected chi connectivity index (χ2v) is 8.74. The zero-order chi connectivity index (χ0) is 23.1. The van der Waals surface area contributed by atoms with Crippen molar-refractivity contribution >= 4 is 5.78 Å². The van der Waals surface area contributed by atoms with Crippen LogP contribution in [0.15, 0.2) is 0 Å². The van der Waals surface area contributed by atoms with Crippen LogP contribution in [0, 0.1) is 0 Å². The van der Waals surface area contributed by atoms with Crippen molar-refractivity contribution in [1.29, 1.82) is 0 Å². The molecule has 0 spiro atoms. The Hall–Kier alpha value is -0.730. The molecule has 0 N–H and O–H groups in total. The fourth-order valence-electron chi connectivity index (χ4n) is 1.07. The van der Waals surface area contributed by atoms with E-state index in [1.807, 2.05) is 0 Å². The van der Waals surface area contributed by atoms with E-state index in [0.29, 0.717) is 0 Å². The first-order valence-electron chi connectivity index (χ1n) is 9.08. The summed E-state index contributed by atoms with van der Waals surface area (Å²) in [5, 5.41) is 0. The fourth-order valence-corrected chi connectivity index (χ4v) is 1.07. The molecule has 11 nitrogen and oxygen atoms in total. The summed E-state index contributed by atoms with van der Waals surface area (Å²) in [6.07, 6.45) is 0. The van der Waals surface area contributed by atoms with Crippen molar-refractivity contribution in [2.24, 2.45) is 0 Å². The van der Waals surface area contributed by atoms with Crippen molar-refractivity contribution in [2.45, 2.75) is 112 Å². The van der Waals surface area contributed by atoms with Crippen molar-refractivity contribution in [3.05, 3.63) is 0 Å². The van der Waals surface area contributed by atoms with Gasteiger partial charge >= 0.3 is 0 Å². The molecule has 0 bridgehead atoms. The summed E-state index contributed by atoms with van der Waals surface area (Å²) in [6, 6.07) is 0. The molecule has 0 unspecified atom stereocenters. The lowest BCUT2D eigenvalue weighted by Crippen LogP contribution is -2.44. The van der Waals surface area contributed by atoms with Crippen LogP contribution in [0.1, 0.15) is 83.1 Å². The zero-order valence-electron chi connectivity index (χ0n) is 19.5. The maximum absolute atomic E-state index is 9.44. The molecule has 29 heavy (non-hydrogen) atoms. The van der Waals surface area contributed by atoms with E-state index in [1.54, 1.807) is 69.2 Å². The number of carbonyl (C=O) groups excluding carboxylic acids is 1. The normalized spacial score (nSPS) is 26.8. The number of hydrogen-bond donors (Lipinski definition) is 0. The lowest BCUT2D eigenvalue weighted by molar-refractivity contribution is -0.644. The molecule has 2 heterocycles. The quantitative estimate of drug-likeness (QED) is 0.522. The number of Topliss-reactive ketones (excluding diaryl/α,β-unsaturated/α-hetero) is 1. The van der Waals surface area contributed by atoms with Crippen LogP contribution in [-0.2, 0) is 53.7 Å². The predicted octanol–water partition coefficient (Wildman–Crippen LogP) is 4.02. The van der Waals surface area contributed by atoms with E-state index in [9.17, 15) is 4.79 Å². The van der Waals surface area contributed by atoms with E-state index in [0.717, 1.165) is 0 Å². The molecule has 2 saturated heterocycles. The van der Waals surface area contributed by atoms with Crippen molar-refractivity contribution in [3.63, 3.8) is 0 Å². The van der Waals surface area contributed by atoms with Crippen molar-refractivity contribution < 1.29 is 53.7 Å². The third kappa shape index (κ3) is 14.8. The van der Waals surface area contributed by atoms with Gasteiger partial charge in [-0.15, -0.1) is 0 Å². The van der Waals surface area contributed by atoms with Gasteiger partial charge in [0.05, 0.1) is 0 Å². The van der Waals surface area contributed by atoms with Crippen molar-refractivity contribution in [1.82, 2.24) is 0 Å². The number of rotatable bonds is 0. The Kier molecular flexibility index (Phi) is 10.3. The zero-order valence-corrected chi connectivity index (χ0v) is 19.5. The highest BCUT2D eigenvalue weighted by atomic mass is 17.4. The molecule has 0 atom stereocenters. The molecule has 174 valence electrons. The Bertz CT molecular complexity index is 424. The molecule has 0 aromatic carbocycles. The monoisotopic (exact) mass is 428 g/mol. The van der Waals surface area contributed by atoms with Gasteiger partial charge in [0.2, 0.25) is 28.9 Å². The Labute approximate surface area is 172 Å². The number of hydrogen-bond acceptors (Lipinski definition) is 11. The number of ketones is 1. The van der Waals surface area contributed by atoms with E-state index in [1.165, 1.54) is 13.8 Å². The Morgan fingerprint density at radius 1 is 0.379 bits per heavy atom. The van der Waals surface area contributed by atoms with Crippen LogP contribution in [0.25, 0.3) is 0 Å². The van der Waals surface area contributed by atoms with Crippen molar-refractivity contribution in [3.8, 4) is 0 Å². The molecule has 0 radical (unpaired) electrons. The minimum atomic E-state index is -1.05. The molecular weight excluding hydrogens is 392 g/mol. The van der Waals surface area contributed by atoms with Crippen LogP contribution in [0.3, 0.4) is 0 Å². The third-order valence-corrected chi connectivity index (χ3v) is 2.22. The summed E-state index contributed by atoms with van der Waals surface area (Å²) >= 11 is 0. The Morgan fingerprint density at radius 3 is 0.517 bits per heavy atom. The Balaban J connectivity index is 0.000000481. The molecule has 0 aromatic heterocycles. The lowest BCUT2D eigenvalue weighted by atomic mass is 10.4. The van der Waals surface area contributed by atoms with E-state index in [4.69, 9.17) is 48.9 Å². The van der Waals surface area contributed by atoms with Gasteiger partial charge in [0.25, 0.3) is 0 Å². The average molecular weight is 428 g/mol. The van der Waals surface area contributed by atoms with Crippen LogP contribution < -0.4 is 0 Å². The second kappa shape index (κ2) is 10.5. The van der Waals surface area contributed by atoms with Crippen LogP contribution in [-0.4, -0.2) is 34.7 Å². The van der Waals surface area contributed by atoms with Crippen LogP contribution in [0.4, 0.5) is 0 Å². The maximum Gasteiger partial charge on any atom is 0.228 e. The summed E-state index contributed by atoms with van der Waals surface area (Å²) in [5.74, 6) is -4.60. The molecule has 0 aromatic rings. The van der Waals surface area contributed by atoms with Gasteiger partial charge in [-0.25, -0.2) is 0 Å². The van der Waals surface area contributed by atoms with Crippen LogP contribution >= 0.6 is 0 Å². The minimum Gasteiger partial charge on any atom is -0.300 e. The Morgan fingerprint density at radius 2 is 0.448 bits per heavy atom. The fraction of sp³-hybridized carbons (Fsp3) is 0.944. The second-order valence-electron chi connectivity index (χ2n) is 8.74. The van der Waals surface area contributed by atoms with Gasteiger partial charge in [-0.05, 0) is 83.1 Å². The summed E-state index contributed by atoms with van der Waals surface area (Å²) in [6.45, 7) is 19.7. The summed E-state index contributed by atoms with van der Waals surface area (Å²) in [7, 11) is 0. The number of carbonyl (C=O) groups is 1. The van der Waals surface area contributed by atoms with Gasteiger partial charge < -0.3 is 4.79 Å². The highest BCUT2D eigenvalue weighted by Gasteiger charge is 2.38. The van der Waals surface area contributed by atoms with Gasteiger partial charge in [0, 0.05) is 0 Å². The SMILES string of the molecule is CC(C)=O.CC1(C)OOC(C)(C)OO1.CC1(C)OOC(C)(C)OOC(C)(C)OO1. The molecule has 2 aliphatic heterocycles. The van der Waals surface area contributed by atoms with Gasteiger partial charge in [-0.1, -0.05) is 0 Å². The first kappa shape index (κ1) is 28.3. The smallest absolute Gasteiger partial charge is 0.228 e. The van der Waals surface area contributed by atoms with E-state index in [2.05, 4.69) is 0 Å². The van der Waals surface area contributed by atoms with Gasteiger partial charge in [-0.3, -0.25) is 0 Å². The molecule has 0 aliphatic carbocycles. The summed E-state index contributed by atoms with van der Waals surface area (Å²) < 4.78 is 0. The highest BCUT2D eigenvalue weighted by Crippen LogP contribution is 2.27.